The Labute approximate surface area is 235 Å². The zero-order valence-electron chi connectivity index (χ0n) is 21.6. The number of piperazine rings is 1. The molecule has 0 spiro atoms. The zero-order chi connectivity index (χ0) is 26.7. The van der Waals surface area contributed by atoms with Gasteiger partial charge in [-0.05, 0) is 57.3 Å². The molecule has 2 fully saturated rings. The molecule has 12 heteroatoms. The van der Waals surface area contributed by atoms with Gasteiger partial charge in [-0.3, -0.25) is 19.3 Å². The SMILES string of the molecule is CC(C)(C)OC(=O)[C@@H]1CCCN1CC(=O)N1CCN(C(=O)OCc2ccccc2)CC1.O=C(Cl)CCl.S. The van der Waals surface area contributed by atoms with Crippen molar-refractivity contribution in [2.75, 3.05) is 45.1 Å². The lowest BCUT2D eigenvalue weighted by Gasteiger charge is -2.35. The molecule has 2 amide bonds. The number of carbonyl (C=O) groups excluding carboxylic acids is 4. The summed E-state index contributed by atoms with van der Waals surface area (Å²) in [5, 5.41) is -0.508. The van der Waals surface area contributed by atoms with E-state index in [0.717, 1.165) is 12.0 Å². The molecule has 0 saturated carbocycles. The van der Waals surface area contributed by atoms with Crippen LogP contribution in [0.5, 0.6) is 0 Å². The topological polar surface area (TPSA) is 96.5 Å². The predicted molar refractivity (Wildman–Crippen MR) is 147 cm³/mol. The molecule has 1 aromatic carbocycles. The number of alkyl halides is 1. The van der Waals surface area contributed by atoms with E-state index < -0.39 is 10.8 Å². The molecule has 0 radical (unpaired) electrons. The molecule has 2 aliphatic rings. The van der Waals surface area contributed by atoms with Crippen molar-refractivity contribution in [2.45, 2.75) is 51.9 Å². The molecule has 2 aliphatic heterocycles. The van der Waals surface area contributed by atoms with Crippen molar-refractivity contribution in [3.05, 3.63) is 35.9 Å². The molecule has 0 bridgehead atoms. The number of ether oxygens (including phenoxy) is 2. The molecular weight excluding hydrogens is 541 g/mol. The molecule has 1 atom stereocenters. The minimum atomic E-state index is -0.541. The van der Waals surface area contributed by atoms with Gasteiger partial charge in [0.15, 0.2) is 0 Å². The molecule has 0 N–H and O–H groups in total. The van der Waals surface area contributed by atoms with Crippen molar-refractivity contribution in [3.8, 4) is 0 Å². The summed E-state index contributed by atoms with van der Waals surface area (Å²) in [5.41, 5.74) is 0.399. The third-order valence-electron chi connectivity index (χ3n) is 5.58. The smallest absolute Gasteiger partial charge is 0.410 e. The van der Waals surface area contributed by atoms with Gasteiger partial charge in [0.2, 0.25) is 11.1 Å². The lowest BCUT2D eigenvalue weighted by molar-refractivity contribution is -0.160. The number of nitrogens with zero attached hydrogens (tertiary/aromatic N) is 3. The van der Waals surface area contributed by atoms with E-state index in [1.807, 2.05) is 56.0 Å². The largest absolute Gasteiger partial charge is 0.459 e. The highest BCUT2D eigenvalue weighted by Gasteiger charge is 2.36. The van der Waals surface area contributed by atoms with E-state index >= 15 is 0 Å². The van der Waals surface area contributed by atoms with E-state index in [0.29, 0.717) is 39.1 Å². The fourth-order valence-electron chi connectivity index (χ4n) is 3.87. The highest BCUT2D eigenvalue weighted by atomic mass is 35.5. The average molecular weight is 579 g/mol. The van der Waals surface area contributed by atoms with Crippen molar-refractivity contribution in [2.24, 2.45) is 0 Å². The molecule has 1 aromatic rings. The van der Waals surface area contributed by atoms with Crippen molar-refractivity contribution in [3.63, 3.8) is 0 Å². The van der Waals surface area contributed by atoms with Gasteiger partial charge in [0.1, 0.15) is 18.2 Å². The number of hydrogen-bond donors (Lipinski definition) is 0. The Hall–Kier alpha value is -2.01. The fourth-order valence-corrected chi connectivity index (χ4v) is 3.87. The maximum absolute atomic E-state index is 12.8. The van der Waals surface area contributed by atoms with Crippen LogP contribution in [0.15, 0.2) is 30.3 Å². The summed E-state index contributed by atoms with van der Waals surface area (Å²) < 4.78 is 10.9. The second-order valence-corrected chi connectivity index (χ2v) is 10.2. The molecule has 208 valence electrons. The molecule has 9 nitrogen and oxygen atoms in total. The number of benzene rings is 1. The number of esters is 1. The summed E-state index contributed by atoms with van der Waals surface area (Å²) in [6.45, 7) is 8.49. The predicted octanol–water partition coefficient (Wildman–Crippen LogP) is 3.38. The van der Waals surface area contributed by atoms with Gasteiger partial charge in [-0.1, -0.05) is 30.3 Å². The standard InChI is InChI=1S/C23H33N3O5.C2H2Cl2O.H2S/c1-23(2,3)31-21(28)19-10-7-11-26(19)16-20(27)24-12-14-25(15-13-24)22(29)30-17-18-8-5-4-6-9-18;3-1-2(4)5;/h4-6,8-9,19H,7,10-17H2,1-3H3;1H2;1H2/t19-;;/m0../s1. The Morgan fingerprint density at radius 1 is 0.973 bits per heavy atom. The number of hydrogen-bond acceptors (Lipinski definition) is 7. The van der Waals surface area contributed by atoms with Crippen LogP contribution in [0.2, 0.25) is 0 Å². The van der Waals surface area contributed by atoms with Crippen LogP contribution in [0.25, 0.3) is 0 Å². The summed E-state index contributed by atoms with van der Waals surface area (Å²) in [6, 6.07) is 9.18. The van der Waals surface area contributed by atoms with Gasteiger partial charge in [-0.25, -0.2) is 4.79 Å². The first kappa shape index (κ1) is 33.0. The molecule has 37 heavy (non-hydrogen) atoms. The van der Waals surface area contributed by atoms with Gasteiger partial charge in [0.05, 0.1) is 12.4 Å². The van der Waals surface area contributed by atoms with Gasteiger partial charge >= 0.3 is 12.1 Å². The average Bonchev–Trinajstić information content (AvgIpc) is 3.31. The third kappa shape index (κ3) is 11.9. The molecule has 0 aliphatic carbocycles. The maximum Gasteiger partial charge on any atom is 0.410 e. The van der Waals surface area contributed by atoms with Crippen LogP contribution in [0.1, 0.15) is 39.2 Å². The van der Waals surface area contributed by atoms with Crippen LogP contribution >= 0.6 is 36.7 Å². The van der Waals surface area contributed by atoms with E-state index in [2.05, 4.69) is 0 Å². The first-order chi connectivity index (χ1) is 17.0. The summed E-state index contributed by atoms with van der Waals surface area (Å²) >= 11 is 9.55. The molecule has 0 unspecified atom stereocenters. The summed E-state index contributed by atoms with van der Waals surface area (Å²) in [7, 11) is 0. The number of halogens is 2. The highest BCUT2D eigenvalue weighted by molar-refractivity contribution is 7.59. The van der Waals surface area contributed by atoms with Crippen LogP contribution in [-0.2, 0) is 30.5 Å². The Balaban J connectivity index is 0.00000104. The second kappa shape index (κ2) is 16.1. The lowest BCUT2D eigenvalue weighted by atomic mass is 10.1. The van der Waals surface area contributed by atoms with Crippen LogP contribution < -0.4 is 0 Å². The van der Waals surface area contributed by atoms with Crippen molar-refractivity contribution in [1.29, 1.82) is 0 Å². The van der Waals surface area contributed by atoms with Crippen molar-refractivity contribution < 1.29 is 28.7 Å². The first-order valence-electron chi connectivity index (χ1n) is 11.9. The Morgan fingerprint density at radius 3 is 2.08 bits per heavy atom. The van der Waals surface area contributed by atoms with E-state index in [1.54, 1.807) is 9.80 Å². The second-order valence-electron chi connectivity index (χ2n) is 9.56. The number of likely N-dealkylation sites (tertiary alicyclic amines) is 1. The quantitative estimate of drug-likeness (QED) is 0.290. The lowest BCUT2D eigenvalue weighted by Crippen LogP contribution is -2.53. The van der Waals surface area contributed by atoms with Crippen LogP contribution in [-0.4, -0.2) is 94.7 Å². The number of amides is 2. The monoisotopic (exact) mass is 577 g/mol. The molecule has 2 heterocycles. The minimum Gasteiger partial charge on any atom is -0.459 e. The summed E-state index contributed by atoms with van der Waals surface area (Å²) in [5.74, 6) is -0.377. The van der Waals surface area contributed by atoms with E-state index in [1.165, 1.54) is 0 Å². The van der Waals surface area contributed by atoms with Crippen LogP contribution in [0, 0.1) is 0 Å². The number of rotatable bonds is 6. The van der Waals surface area contributed by atoms with Crippen LogP contribution in [0.3, 0.4) is 0 Å². The molecule has 3 rings (SSSR count). The summed E-state index contributed by atoms with van der Waals surface area (Å²) in [6.07, 6.45) is 1.22. The Morgan fingerprint density at radius 2 is 1.54 bits per heavy atom. The van der Waals surface area contributed by atoms with Gasteiger partial charge in [0, 0.05) is 26.2 Å². The Kier molecular flexibility index (Phi) is 14.3. The minimum absolute atomic E-state index is 0. The number of carbonyl (C=O) groups is 4. The van der Waals surface area contributed by atoms with Gasteiger partial charge < -0.3 is 19.3 Å². The van der Waals surface area contributed by atoms with Gasteiger partial charge in [-0.2, -0.15) is 13.5 Å². The van der Waals surface area contributed by atoms with Gasteiger partial charge in [0.25, 0.3) is 0 Å². The van der Waals surface area contributed by atoms with E-state index in [-0.39, 0.29) is 56.5 Å². The van der Waals surface area contributed by atoms with Gasteiger partial charge in [-0.15, -0.1) is 11.6 Å². The fraction of sp³-hybridized carbons (Fsp3) is 0.600. The molecular formula is C25H37Cl2N3O6S. The Bertz CT molecular complexity index is 892. The van der Waals surface area contributed by atoms with E-state index in [4.69, 9.17) is 32.7 Å². The highest BCUT2D eigenvalue weighted by Crippen LogP contribution is 2.21. The van der Waals surface area contributed by atoms with E-state index in [9.17, 15) is 19.2 Å². The maximum atomic E-state index is 12.8. The molecule has 0 aromatic heterocycles. The third-order valence-corrected chi connectivity index (χ3v) is 6.09. The van der Waals surface area contributed by atoms with Crippen molar-refractivity contribution >= 4 is 59.9 Å². The normalized spacial score (nSPS) is 17.7. The molecule has 2 saturated heterocycles. The van der Waals surface area contributed by atoms with Crippen LogP contribution in [0.4, 0.5) is 4.79 Å². The first-order valence-corrected chi connectivity index (χ1v) is 12.9. The zero-order valence-corrected chi connectivity index (χ0v) is 24.1. The van der Waals surface area contributed by atoms with Crippen molar-refractivity contribution in [1.82, 2.24) is 14.7 Å². The summed E-state index contributed by atoms with van der Waals surface area (Å²) in [4.78, 5) is 52.3.